The molecular weight excluding hydrogens is 366 g/mol. The number of nitro groups is 1. The molecule has 0 radical (unpaired) electrons. The zero-order valence-corrected chi connectivity index (χ0v) is 15.3. The Balaban J connectivity index is 1.75. The number of non-ortho nitro benzene ring substituents is 1. The minimum absolute atomic E-state index is 0.0540. The van der Waals surface area contributed by atoms with Gasteiger partial charge in [0.2, 0.25) is 0 Å². The Labute approximate surface area is 167 Å². The maximum Gasteiger partial charge on any atom is 0.269 e. The first-order valence-electron chi connectivity index (χ1n) is 8.98. The van der Waals surface area contributed by atoms with Crippen LogP contribution in [-0.2, 0) is 0 Å². The minimum atomic E-state index is -0.420. The van der Waals surface area contributed by atoms with Gasteiger partial charge in [0.15, 0.2) is 0 Å². The van der Waals surface area contributed by atoms with E-state index in [1.54, 1.807) is 28.9 Å². The zero-order chi connectivity index (χ0) is 20.2. The van der Waals surface area contributed by atoms with Crippen molar-refractivity contribution in [1.82, 2.24) is 9.78 Å². The summed E-state index contributed by atoms with van der Waals surface area (Å²) >= 11 is 0. The Hall–Kier alpha value is -4.19. The SMILES string of the molecule is O=[N+]([O-])c1ccc(C=Cc2cc(-c3ccccc3O)nn2-c2ccccc2)cc1. The molecule has 4 aromatic rings. The third kappa shape index (κ3) is 3.91. The third-order valence-electron chi connectivity index (χ3n) is 4.47. The van der Waals surface area contributed by atoms with E-state index in [-0.39, 0.29) is 11.4 Å². The molecule has 0 spiro atoms. The van der Waals surface area contributed by atoms with Crippen LogP contribution in [0.15, 0.2) is 84.9 Å². The van der Waals surface area contributed by atoms with Crippen LogP contribution in [0.3, 0.4) is 0 Å². The number of rotatable bonds is 5. The van der Waals surface area contributed by atoms with Crippen molar-refractivity contribution in [3.8, 4) is 22.7 Å². The largest absolute Gasteiger partial charge is 0.507 e. The van der Waals surface area contributed by atoms with Crippen molar-refractivity contribution < 1.29 is 10.0 Å². The number of phenolic OH excluding ortho intramolecular Hbond substituents is 1. The summed E-state index contributed by atoms with van der Waals surface area (Å²) in [7, 11) is 0. The van der Waals surface area contributed by atoms with Gasteiger partial charge in [0.25, 0.3) is 5.69 Å². The van der Waals surface area contributed by atoms with Gasteiger partial charge in [-0.05, 0) is 54.1 Å². The highest BCUT2D eigenvalue weighted by molar-refractivity contribution is 5.74. The monoisotopic (exact) mass is 383 g/mol. The summed E-state index contributed by atoms with van der Waals surface area (Å²) in [5.41, 5.74) is 3.88. The van der Waals surface area contributed by atoms with Gasteiger partial charge >= 0.3 is 0 Å². The van der Waals surface area contributed by atoms with Crippen LogP contribution >= 0.6 is 0 Å². The van der Waals surface area contributed by atoms with Crippen molar-refractivity contribution in [2.75, 3.05) is 0 Å². The molecule has 4 rings (SSSR count). The molecule has 0 aliphatic carbocycles. The maximum atomic E-state index is 10.8. The van der Waals surface area contributed by atoms with E-state index in [2.05, 4.69) is 5.10 Å². The molecule has 29 heavy (non-hydrogen) atoms. The lowest BCUT2D eigenvalue weighted by molar-refractivity contribution is -0.384. The number of nitrogens with zero attached hydrogens (tertiary/aromatic N) is 3. The lowest BCUT2D eigenvalue weighted by atomic mass is 10.1. The van der Waals surface area contributed by atoms with Crippen molar-refractivity contribution in [2.24, 2.45) is 0 Å². The van der Waals surface area contributed by atoms with Gasteiger partial charge in [-0.25, -0.2) is 4.68 Å². The lowest BCUT2D eigenvalue weighted by Crippen LogP contribution is -1.98. The van der Waals surface area contributed by atoms with Crippen LogP contribution in [0.25, 0.3) is 29.1 Å². The molecule has 0 aliphatic heterocycles. The molecule has 0 bridgehead atoms. The highest BCUT2D eigenvalue weighted by Gasteiger charge is 2.12. The molecule has 0 fully saturated rings. The second-order valence-electron chi connectivity index (χ2n) is 6.40. The van der Waals surface area contributed by atoms with Crippen molar-refractivity contribution in [2.45, 2.75) is 0 Å². The summed E-state index contributed by atoms with van der Waals surface area (Å²) in [5.74, 6) is 0.163. The fourth-order valence-corrected chi connectivity index (χ4v) is 3.00. The first-order chi connectivity index (χ1) is 14.1. The van der Waals surface area contributed by atoms with Gasteiger partial charge in [0.1, 0.15) is 5.75 Å². The van der Waals surface area contributed by atoms with Crippen molar-refractivity contribution in [3.63, 3.8) is 0 Å². The molecule has 6 heteroatoms. The van der Waals surface area contributed by atoms with Gasteiger partial charge in [-0.1, -0.05) is 36.4 Å². The Morgan fingerprint density at radius 1 is 0.897 bits per heavy atom. The molecule has 0 saturated heterocycles. The summed E-state index contributed by atoms with van der Waals surface area (Å²) in [6.07, 6.45) is 3.76. The number of hydrogen-bond acceptors (Lipinski definition) is 4. The molecule has 0 atom stereocenters. The van der Waals surface area contributed by atoms with Crippen LogP contribution in [0, 0.1) is 10.1 Å². The predicted molar refractivity (Wildman–Crippen MR) is 113 cm³/mol. The number of benzene rings is 3. The molecule has 6 nitrogen and oxygen atoms in total. The van der Waals surface area contributed by atoms with E-state index in [0.29, 0.717) is 11.3 Å². The average molecular weight is 383 g/mol. The topological polar surface area (TPSA) is 81.2 Å². The Bertz CT molecular complexity index is 1180. The Morgan fingerprint density at radius 2 is 1.59 bits per heavy atom. The minimum Gasteiger partial charge on any atom is -0.507 e. The Kier molecular flexibility index (Phi) is 4.90. The van der Waals surface area contributed by atoms with Gasteiger partial charge in [0, 0.05) is 17.7 Å². The zero-order valence-electron chi connectivity index (χ0n) is 15.3. The summed E-state index contributed by atoms with van der Waals surface area (Å²) in [4.78, 5) is 10.4. The number of nitro benzene ring substituents is 1. The molecule has 0 aliphatic rings. The van der Waals surface area contributed by atoms with Crippen LogP contribution in [0.1, 0.15) is 11.3 Å². The normalized spacial score (nSPS) is 11.0. The molecule has 0 saturated carbocycles. The molecule has 3 aromatic carbocycles. The summed E-state index contributed by atoms with van der Waals surface area (Å²) < 4.78 is 1.80. The average Bonchev–Trinajstić information content (AvgIpc) is 3.17. The van der Waals surface area contributed by atoms with Gasteiger partial charge < -0.3 is 5.11 Å². The van der Waals surface area contributed by atoms with Crippen LogP contribution in [-0.4, -0.2) is 19.8 Å². The highest BCUT2D eigenvalue weighted by atomic mass is 16.6. The predicted octanol–water partition coefficient (Wildman–Crippen LogP) is 5.32. The number of aromatic nitrogens is 2. The molecule has 1 N–H and O–H groups in total. The van der Waals surface area contributed by atoms with E-state index >= 15 is 0 Å². The van der Waals surface area contributed by atoms with Crippen LogP contribution in [0.5, 0.6) is 5.75 Å². The fourth-order valence-electron chi connectivity index (χ4n) is 3.00. The van der Waals surface area contributed by atoms with Crippen LogP contribution < -0.4 is 0 Å². The van der Waals surface area contributed by atoms with E-state index in [4.69, 9.17) is 0 Å². The molecule has 0 amide bonds. The summed E-state index contributed by atoms with van der Waals surface area (Å²) in [5, 5.41) is 25.7. The number of aromatic hydroxyl groups is 1. The lowest BCUT2D eigenvalue weighted by Gasteiger charge is -2.04. The Morgan fingerprint density at radius 3 is 2.28 bits per heavy atom. The van der Waals surface area contributed by atoms with Gasteiger partial charge in [-0.2, -0.15) is 5.10 Å². The maximum absolute atomic E-state index is 10.8. The van der Waals surface area contributed by atoms with E-state index in [1.807, 2.05) is 60.7 Å². The fraction of sp³-hybridized carbons (Fsp3) is 0. The van der Waals surface area contributed by atoms with Gasteiger partial charge in [-0.15, -0.1) is 0 Å². The number of hydrogen-bond donors (Lipinski definition) is 1. The number of para-hydroxylation sites is 2. The molecule has 1 heterocycles. The number of phenols is 1. The van der Waals surface area contributed by atoms with Crippen LogP contribution in [0.2, 0.25) is 0 Å². The van der Waals surface area contributed by atoms with Crippen molar-refractivity contribution >= 4 is 17.8 Å². The first kappa shape index (κ1) is 18.2. The van der Waals surface area contributed by atoms with Crippen molar-refractivity contribution in [3.05, 3.63) is 106 Å². The smallest absolute Gasteiger partial charge is 0.269 e. The quantitative estimate of drug-likeness (QED) is 0.373. The summed E-state index contributed by atoms with van der Waals surface area (Å²) in [6.45, 7) is 0. The molecule has 0 unspecified atom stereocenters. The molecule has 142 valence electrons. The first-order valence-corrected chi connectivity index (χ1v) is 8.98. The second-order valence-corrected chi connectivity index (χ2v) is 6.40. The van der Waals surface area contributed by atoms with E-state index in [1.165, 1.54) is 12.1 Å². The van der Waals surface area contributed by atoms with Gasteiger partial charge in [0.05, 0.1) is 22.0 Å². The van der Waals surface area contributed by atoms with E-state index in [0.717, 1.165) is 16.9 Å². The van der Waals surface area contributed by atoms with E-state index < -0.39 is 4.92 Å². The third-order valence-corrected chi connectivity index (χ3v) is 4.47. The molecule has 1 aromatic heterocycles. The second kappa shape index (κ2) is 7.82. The standard InChI is InChI=1S/C23H17N3O3/c27-23-9-5-4-8-21(23)22-16-20(25(24-22)18-6-2-1-3-7-18)15-12-17-10-13-19(14-11-17)26(28)29/h1-16,27H. The van der Waals surface area contributed by atoms with E-state index in [9.17, 15) is 15.2 Å². The van der Waals surface area contributed by atoms with Crippen LogP contribution in [0.4, 0.5) is 5.69 Å². The van der Waals surface area contributed by atoms with Crippen molar-refractivity contribution in [1.29, 1.82) is 0 Å². The summed E-state index contributed by atoms with van der Waals surface area (Å²) in [6, 6.07) is 25.0. The molecular formula is C23H17N3O3. The highest BCUT2D eigenvalue weighted by Crippen LogP contribution is 2.29. The van der Waals surface area contributed by atoms with Gasteiger partial charge in [-0.3, -0.25) is 10.1 Å².